The van der Waals surface area contributed by atoms with Crippen molar-refractivity contribution in [3.05, 3.63) is 95.6 Å². The fraction of sp³-hybridized carbons (Fsp3) is 0.250. The topological polar surface area (TPSA) is 95.9 Å². The standard InChI is InChI=1S/C28H28N2O5/c1-2-30(17-26(31)32)27(33)24(19-10-4-3-5-11-19)16-29-28(34)35-18-25-22-14-8-6-12-20(22)21-13-7-9-15-23(21)25/h3-15,24-25H,2,16-18H2,1H3,(H,29,34)(H,31,32). The number of alkyl carbamates (subject to hydrolysis) is 1. The molecule has 0 bridgehead atoms. The molecule has 1 aliphatic rings. The Morgan fingerprint density at radius 2 is 1.49 bits per heavy atom. The summed E-state index contributed by atoms with van der Waals surface area (Å²) >= 11 is 0. The van der Waals surface area contributed by atoms with Gasteiger partial charge in [0.05, 0.1) is 5.92 Å². The molecule has 0 fully saturated rings. The van der Waals surface area contributed by atoms with Crippen molar-refractivity contribution in [2.24, 2.45) is 0 Å². The summed E-state index contributed by atoms with van der Waals surface area (Å²) in [4.78, 5) is 38.2. The number of ether oxygens (including phenoxy) is 1. The van der Waals surface area contributed by atoms with Crippen LogP contribution in [-0.2, 0) is 14.3 Å². The lowest BCUT2D eigenvalue weighted by Crippen LogP contribution is -2.42. The number of aliphatic carboxylic acids is 1. The Morgan fingerprint density at radius 1 is 0.914 bits per heavy atom. The van der Waals surface area contributed by atoms with Gasteiger partial charge in [-0.15, -0.1) is 0 Å². The van der Waals surface area contributed by atoms with Crippen LogP contribution in [0.25, 0.3) is 11.1 Å². The van der Waals surface area contributed by atoms with Crippen molar-refractivity contribution >= 4 is 18.0 Å². The van der Waals surface area contributed by atoms with Crippen LogP contribution in [0.3, 0.4) is 0 Å². The van der Waals surface area contributed by atoms with Crippen LogP contribution in [0.2, 0.25) is 0 Å². The molecular weight excluding hydrogens is 444 g/mol. The van der Waals surface area contributed by atoms with E-state index in [4.69, 9.17) is 9.84 Å². The Labute approximate surface area is 204 Å². The van der Waals surface area contributed by atoms with Crippen LogP contribution in [0.4, 0.5) is 4.79 Å². The quantitative estimate of drug-likeness (QED) is 0.486. The van der Waals surface area contributed by atoms with Crippen LogP contribution in [-0.4, -0.2) is 54.2 Å². The number of carbonyl (C=O) groups is 3. The van der Waals surface area contributed by atoms with Gasteiger partial charge in [0.15, 0.2) is 0 Å². The Morgan fingerprint density at radius 3 is 2.06 bits per heavy atom. The number of nitrogens with one attached hydrogen (secondary N) is 1. The number of hydrogen-bond donors (Lipinski definition) is 2. The van der Waals surface area contributed by atoms with Crippen LogP contribution in [0.15, 0.2) is 78.9 Å². The second kappa shape index (κ2) is 10.9. The lowest BCUT2D eigenvalue weighted by molar-refractivity contribution is -0.144. The summed E-state index contributed by atoms with van der Waals surface area (Å²) < 4.78 is 5.59. The maximum atomic E-state index is 13.1. The van der Waals surface area contributed by atoms with Crippen molar-refractivity contribution in [1.29, 1.82) is 0 Å². The molecule has 3 aromatic carbocycles. The Kier molecular flexibility index (Phi) is 7.45. The van der Waals surface area contributed by atoms with E-state index in [1.807, 2.05) is 42.5 Å². The minimum Gasteiger partial charge on any atom is -0.480 e. The van der Waals surface area contributed by atoms with Gasteiger partial charge in [-0.25, -0.2) is 4.79 Å². The summed E-state index contributed by atoms with van der Waals surface area (Å²) in [5.74, 6) is -2.24. The van der Waals surface area contributed by atoms with E-state index in [2.05, 4.69) is 17.4 Å². The number of hydrogen-bond acceptors (Lipinski definition) is 4. The minimum atomic E-state index is -1.09. The summed E-state index contributed by atoms with van der Waals surface area (Å²) in [5, 5.41) is 11.9. The van der Waals surface area contributed by atoms with Gasteiger partial charge in [-0.1, -0.05) is 78.9 Å². The number of likely N-dealkylation sites (N-methyl/N-ethyl adjacent to an activating group) is 1. The first-order chi connectivity index (χ1) is 17.0. The molecule has 0 aromatic heterocycles. The average molecular weight is 473 g/mol. The first-order valence-electron chi connectivity index (χ1n) is 11.6. The fourth-order valence-corrected chi connectivity index (χ4v) is 4.60. The summed E-state index contributed by atoms with van der Waals surface area (Å²) in [6.45, 7) is 1.74. The molecule has 0 saturated heterocycles. The number of benzene rings is 3. The van der Waals surface area contributed by atoms with E-state index in [9.17, 15) is 14.4 Å². The minimum absolute atomic E-state index is 0.00433. The second-order valence-corrected chi connectivity index (χ2v) is 8.42. The SMILES string of the molecule is CCN(CC(=O)O)C(=O)C(CNC(=O)OCC1c2ccccc2-c2ccccc21)c1ccccc1. The number of amides is 2. The number of carboxylic acids is 1. The zero-order valence-corrected chi connectivity index (χ0v) is 19.5. The molecule has 180 valence electrons. The molecule has 4 rings (SSSR count). The third kappa shape index (κ3) is 5.35. The van der Waals surface area contributed by atoms with E-state index in [0.717, 1.165) is 22.3 Å². The van der Waals surface area contributed by atoms with Gasteiger partial charge in [0, 0.05) is 19.0 Å². The molecule has 0 aliphatic heterocycles. The maximum absolute atomic E-state index is 13.1. The van der Waals surface area contributed by atoms with Crippen LogP contribution >= 0.6 is 0 Å². The monoisotopic (exact) mass is 472 g/mol. The smallest absolute Gasteiger partial charge is 0.407 e. The highest BCUT2D eigenvalue weighted by molar-refractivity contribution is 5.87. The van der Waals surface area contributed by atoms with Crippen molar-refractivity contribution in [2.75, 3.05) is 26.2 Å². The Bertz CT molecular complexity index is 1170. The van der Waals surface area contributed by atoms with Gasteiger partial charge < -0.3 is 20.1 Å². The van der Waals surface area contributed by atoms with Gasteiger partial charge in [-0.3, -0.25) is 9.59 Å². The Hall–Kier alpha value is -4.13. The molecule has 35 heavy (non-hydrogen) atoms. The van der Waals surface area contributed by atoms with Crippen LogP contribution in [0, 0.1) is 0 Å². The van der Waals surface area contributed by atoms with Gasteiger partial charge >= 0.3 is 12.1 Å². The predicted molar refractivity (Wildman–Crippen MR) is 132 cm³/mol. The molecule has 7 nitrogen and oxygen atoms in total. The second-order valence-electron chi connectivity index (χ2n) is 8.42. The Balaban J connectivity index is 1.43. The largest absolute Gasteiger partial charge is 0.480 e. The van der Waals surface area contributed by atoms with Gasteiger partial charge in [0.2, 0.25) is 5.91 Å². The van der Waals surface area contributed by atoms with E-state index in [1.165, 1.54) is 4.90 Å². The number of fused-ring (bicyclic) bond motifs is 3. The third-order valence-electron chi connectivity index (χ3n) is 6.31. The van der Waals surface area contributed by atoms with Crippen molar-refractivity contribution < 1.29 is 24.2 Å². The molecule has 1 atom stereocenters. The van der Waals surface area contributed by atoms with E-state index in [0.29, 0.717) is 5.56 Å². The van der Waals surface area contributed by atoms with E-state index < -0.39 is 24.5 Å². The van der Waals surface area contributed by atoms with Crippen LogP contribution < -0.4 is 5.32 Å². The highest BCUT2D eigenvalue weighted by atomic mass is 16.5. The molecule has 1 aliphatic carbocycles. The summed E-state index contributed by atoms with van der Waals surface area (Å²) in [5.41, 5.74) is 5.22. The van der Waals surface area contributed by atoms with Crippen molar-refractivity contribution in [1.82, 2.24) is 10.2 Å². The van der Waals surface area contributed by atoms with Gasteiger partial charge in [0.1, 0.15) is 13.2 Å². The molecule has 0 heterocycles. The molecule has 1 unspecified atom stereocenters. The molecule has 0 spiro atoms. The first-order valence-corrected chi connectivity index (χ1v) is 11.6. The number of carbonyl (C=O) groups excluding carboxylic acids is 2. The summed E-state index contributed by atoms with van der Waals surface area (Å²) in [6.07, 6.45) is -0.623. The normalized spacial score (nSPS) is 12.8. The maximum Gasteiger partial charge on any atom is 0.407 e. The molecule has 2 N–H and O–H groups in total. The number of nitrogens with zero attached hydrogens (tertiary/aromatic N) is 1. The molecule has 2 amide bonds. The summed E-state index contributed by atoms with van der Waals surface area (Å²) in [6, 6.07) is 25.2. The highest BCUT2D eigenvalue weighted by Gasteiger charge is 2.30. The zero-order valence-electron chi connectivity index (χ0n) is 19.5. The van der Waals surface area contributed by atoms with E-state index in [1.54, 1.807) is 31.2 Å². The predicted octanol–water partition coefficient (Wildman–Crippen LogP) is 4.24. The highest BCUT2D eigenvalue weighted by Crippen LogP contribution is 2.44. The third-order valence-corrected chi connectivity index (χ3v) is 6.31. The van der Waals surface area contributed by atoms with Crippen LogP contribution in [0.5, 0.6) is 0 Å². The zero-order chi connectivity index (χ0) is 24.8. The molecule has 0 saturated carbocycles. The first kappa shape index (κ1) is 24.0. The van der Waals surface area contributed by atoms with Gasteiger partial charge in [0.25, 0.3) is 0 Å². The lowest BCUT2D eigenvalue weighted by atomic mass is 9.97. The van der Waals surface area contributed by atoms with Gasteiger partial charge in [-0.2, -0.15) is 0 Å². The van der Waals surface area contributed by atoms with Crippen molar-refractivity contribution in [3.8, 4) is 11.1 Å². The van der Waals surface area contributed by atoms with E-state index >= 15 is 0 Å². The molecule has 0 radical (unpaired) electrons. The lowest BCUT2D eigenvalue weighted by Gasteiger charge is -2.25. The summed E-state index contributed by atoms with van der Waals surface area (Å²) in [7, 11) is 0. The van der Waals surface area contributed by atoms with E-state index in [-0.39, 0.29) is 31.5 Å². The fourth-order valence-electron chi connectivity index (χ4n) is 4.60. The van der Waals surface area contributed by atoms with Gasteiger partial charge in [-0.05, 0) is 34.7 Å². The van der Waals surface area contributed by atoms with Crippen molar-refractivity contribution in [2.45, 2.75) is 18.8 Å². The molecule has 3 aromatic rings. The number of rotatable bonds is 9. The average Bonchev–Trinajstić information content (AvgIpc) is 3.20. The molecule has 7 heteroatoms. The molecular formula is C28H28N2O5. The van der Waals surface area contributed by atoms with Crippen molar-refractivity contribution in [3.63, 3.8) is 0 Å². The number of carboxylic acid groups (broad SMARTS) is 1. The van der Waals surface area contributed by atoms with Crippen LogP contribution in [0.1, 0.15) is 35.4 Å².